The number of rotatable bonds is 4. The van der Waals surface area contributed by atoms with E-state index in [1.54, 1.807) is 0 Å². The minimum atomic E-state index is 0.0597. The second-order valence-corrected chi connectivity index (χ2v) is 4.83. The lowest BCUT2D eigenvalue weighted by atomic mass is 10.0. The lowest BCUT2D eigenvalue weighted by molar-refractivity contribution is 0.502. The topological polar surface area (TPSA) is 42.1 Å². The summed E-state index contributed by atoms with van der Waals surface area (Å²) < 4.78 is 0. The van der Waals surface area contributed by atoms with Gasteiger partial charge in [0.05, 0.1) is 0 Å². The van der Waals surface area contributed by atoms with E-state index < -0.39 is 0 Å². The molecule has 0 spiro atoms. The van der Waals surface area contributed by atoms with Gasteiger partial charge >= 0.3 is 0 Å². The van der Waals surface area contributed by atoms with Gasteiger partial charge in [0, 0.05) is 25.3 Å². The van der Waals surface area contributed by atoms with Gasteiger partial charge in [0.25, 0.3) is 0 Å². The van der Waals surface area contributed by atoms with Gasteiger partial charge in [-0.15, -0.1) is 0 Å². The van der Waals surface area contributed by atoms with Crippen LogP contribution in [0.15, 0.2) is 18.3 Å². The molecule has 90 valence electrons. The Morgan fingerprint density at radius 2 is 1.88 bits per heavy atom. The molecule has 3 heteroatoms. The average molecular weight is 221 g/mol. The molecule has 0 aliphatic heterocycles. The normalized spacial score (nSPS) is 14.9. The molecule has 0 aliphatic rings. The number of hydrogen-bond acceptors (Lipinski definition) is 3. The van der Waals surface area contributed by atoms with Crippen LogP contribution in [-0.4, -0.2) is 18.1 Å². The van der Waals surface area contributed by atoms with Crippen LogP contribution in [0.4, 0.5) is 5.82 Å². The van der Waals surface area contributed by atoms with Gasteiger partial charge in [-0.1, -0.05) is 13.8 Å². The van der Waals surface area contributed by atoms with Crippen LogP contribution in [0.5, 0.6) is 0 Å². The molecule has 2 N–H and O–H groups in total. The fourth-order valence-corrected chi connectivity index (χ4v) is 1.57. The zero-order valence-electron chi connectivity index (χ0n) is 10.9. The van der Waals surface area contributed by atoms with Gasteiger partial charge in [-0.25, -0.2) is 4.98 Å². The third-order valence-corrected chi connectivity index (χ3v) is 3.23. The second-order valence-electron chi connectivity index (χ2n) is 4.83. The molecular formula is C13H23N3. The van der Waals surface area contributed by atoms with Crippen molar-refractivity contribution in [1.82, 2.24) is 4.98 Å². The maximum atomic E-state index is 5.87. The van der Waals surface area contributed by atoms with Gasteiger partial charge in [-0.2, -0.15) is 0 Å². The molecule has 0 aromatic carbocycles. The summed E-state index contributed by atoms with van der Waals surface area (Å²) in [5.41, 5.74) is 7.00. The van der Waals surface area contributed by atoms with Crippen LogP contribution in [0.25, 0.3) is 0 Å². The Morgan fingerprint density at radius 3 is 2.38 bits per heavy atom. The first-order valence-corrected chi connectivity index (χ1v) is 5.87. The Balaban J connectivity index is 2.91. The van der Waals surface area contributed by atoms with Crippen molar-refractivity contribution in [3.8, 4) is 0 Å². The van der Waals surface area contributed by atoms with Gasteiger partial charge in [0.2, 0.25) is 0 Å². The number of hydrogen-bond donors (Lipinski definition) is 1. The van der Waals surface area contributed by atoms with E-state index in [1.165, 1.54) is 0 Å². The van der Waals surface area contributed by atoms with Gasteiger partial charge in [-0.3, -0.25) is 0 Å². The van der Waals surface area contributed by atoms with Crippen LogP contribution >= 0.6 is 0 Å². The van der Waals surface area contributed by atoms with E-state index in [4.69, 9.17) is 5.73 Å². The highest BCUT2D eigenvalue weighted by Gasteiger charge is 2.15. The molecule has 0 amide bonds. The summed E-state index contributed by atoms with van der Waals surface area (Å²) in [6, 6.07) is 4.58. The molecular weight excluding hydrogens is 198 g/mol. The van der Waals surface area contributed by atoms with Crippen LogP contribution in [0.1, 0.15) is 39.3 Å². The van der Waals surface area contributed by atoms with E-state index >= 15 is 0 Å². The highest BCUT2D eigenvalue weighted by molar-refractivity contribution is 5.41. The van der Waals surface area contributed by atoms with Crippen LogP contribution in [0, 0.1) is 5.92 Å². The fourth-order valence-electron chi connectivity index (χ4n) is 1.57. The summed E-state index contributed by atoms with van der Waals surface area (Å²) in [6.07, 6.45) is 1.83. The van der Waals surface area contributed by atoms with Crippen molar-refractivity contribution in [1.29, 1.82) is 0 Å². The monoisotopic (exact) mass is 221 g/mol. The summed E-state index contributed by atoms with van der Waals surface area (Å²) in [6.45, 7) is 8.64. The number of aromatic nitrogens is 1. The zero-order chi connectivity index (χ0) is 12.3. The molecule has 0 saturated carbocycles. The Morgan fingerprint density at radius 1 is 1.25 bits per heavy atom. The second kappa shape index (κ2) is 5.30. The number of nitrogens with two attached hydrogens (primary N) is 1. The van der Waals surface area contributed by atoms with Crippen molar-refractivity contribution in [2.45, 2.75) is 39.8 Å². The average Bonchev–Trinajstić information content (AvgIpc) is 2.27. The molecule has 1 aromatic rings. The Bertz CT molecular complexity index is 334. The van der Waals surface area contributed by atoms with Crippen molar-refractivity contribution >= 4 is 5.82 Å². The predicted octanol–water partition coefficient (Wildman–Crippen LogP) is 2.58. The molecule has 0 fully saturated rings. The van der Waals surface area contributed by atoms with Crippen LogP contribution in [0.2, 0.25) is 0 Å². The number of pyridine rings is 1. The van der Waals surface area contributed by atoms with E-state index in [0.29, 0.717) is 12.0 Å². The fraction of sp³-hybridized carbons (Fsp3) is 0.615. The van der Waals surface area contributed by atoms with Gasteiger partial charge < -0.3 is 10.6 Å². The van der Waals surface area contributed by atoms with E-state index in [0.717, 1.165) is 11.4 Å². The van der Waals surface area contributed by atoms with E-state index in [1.807, 2.05) is 19.2 Å². The van der Waals surface area contributed by atoms with E-state index in [9.17, 15) is 0 Å². The lowest BCUT2D eigenvalue weighted by Gasteiger charge is -2.29. The molecule has 0 radical (unpaired) electrons. The summed E-state index contributed by atoms with van der Waals surface area (Å²) >= 11 is 0. The maximum Gasteiger partial charge on any atom is 0.128 e. The highest BCUT2D eigenvalue weighted by atomic mass is 15.2. The Hall–Kier alpha value is -1.09. The minimum absolute atomic E-state index is 0.0597. The molecule has 3 nitrogen and oxygen atoms in total. The molecule has 1 unspecified atom stereocenters. The molecule has 1 rings (SSSR count). The number of anilines is 1. The number of nitrogens with zero attached hydrogens (tertiary/aromatic N) is 2. The van der Waals surface area contributed by atoms with E-state index in [-0.39, 0.29) is 6.04 Å². The van der Waals surface area contributed by atoms with Crippen LogP contribution in [-0.2, 0) is 0 Å². The van der Waals surface area contributed by atoms with Gasteiger partial charge in [-0.05, 0) is 37.5 Å². The lowest BCUT2D eigenvalue weighted by Crippen LogP contribution is -2.33. The molecule has 0 bridgehead atoms. The largest absolute Gasteiger partial charge is 0.357 e. The smallest absolute Gasteiger partial charge is 0.128 e. The first-order valence-electron chi connectivity index (χ1n) is 5.87. The molecule has 1 aromatic heterocycles. The zero-order valence-corrected chi connectivity index (χ0v) is 10.9. The Kier molecular flexibility index (Phi) is 4.30. The van der Waals surface area contributed by atoms with Crippen molar-refractivity contribution in [3.05, 3.63) is 23.9 Å². The van der Waals surface area contributed by atoms with Crippen molar-refractivity contribution in [2.24, 2.45) is 11.7 Å². The van der Waals surface area contributed by atoms with Crippen molar-refractivity contribution in [2.75, 3.05) is 11.9 Å². The van der Waals surface area contributed by atoms with Gasteiger partial charge in [0.15, 0.2) is 0 Å². The molecule has 0 aliphatic carbocycles. The van der Waals surface area contributed by atoms with Gasteiger partial charge in [0.1, 0.15) is 5.82 Å². The molecule has 2 atom stereocenters. The third-order valence-electron chi connectivity index (χ3n) is 3.23. The summed E-state index contributed by atoms with van der Waals surface area (Å²) in [4.78, 5) is 6.60. The molecule has 1 heterocycles. The minimum Gasteiger partial charge on any atom is -0.357 e. The first kappa shape index (κ1) is 13.0. The predicted molar refractivity (Wildman–Crippen MR) is 69.5 cm³/mol. The van der Waals surface area contributed by atoms with E-state index in [2.05, 4.69) is 43.8 Å². The maximum absolute atomic E-state index is 5.87. The highest BCUT2D eigenvalue weighted by Crippen LogP contribution is 2.19. The standard InChI is InChI=1S/C13H23N3/c1-9(2)11(4)16(5)13-8-12(10(3)14)6-7-15-13/h6-11H,14H2,1-5H3/t10-,11?/m1/s1. The summed E-state index contributed by atoms with van der Waals surface area (Å²) in [5, 5.41) is 0. The Labute approximate surface area is 98.7 Å². The van der Waals surface area contributed by atoms with Crippen LogP contribution < -0.4 is 10.6 Å². The summed E-state index contributed by atoms with van der Waals surface area (Å²) in [5.74, 6) is 1.60. The molecule has 0 saturated heterocycles. The quantitative estimate of drug-likeness (QED) is 0.849. The summed E-state index contributed by atoms with van der Waals surface area (Å²) in [7, 11) is 2.08. The van der Waals surface area contributed by atoms with Crippen molar-refractivity contribution in [3.63, 3.8) is 0 Å². The van der Waals surface area contributed by atoms with Crippen LogP contribution in [0.3, 0.4) is 0 Å². The molecule has 16 heavy (non-hydrogen) atoms. The first-order chi connectivity index (χ1) is 7.43. The SMILES string of the molecule is CC(C)C(C)N(C)c1cc([C@@H](C)N)ccn1. The van der Waals surface area contributed by atoms with Crippen molar-refractivity contribution < 1.29 is 0 Å². The third kappa shape index (κ3) is 2.95.